The molecule has 3 nitrogen and oxygen atoms in total. The van der Waals surface area contributed by atoms with Crippen molar-refractivity contribution in [2.45, 2.75) is 12.6 Å². The third-order valence-electron chi connectivity index (χ3n) is 8.69. The summed E-state index contributed by atoms with van der Waals surface area (Å²) in [6, 6.07) is 36.9. The fraction of sp³-hybridized carbons (Fsp3) is 0.0556. The Labute approximate surface area is 230 Å². The summed E-state index contributed by atoms with van der Waals surface area (Å²) in [4.78, 5) is 0. The van der Waals surface area contributed by atoms with E-state index in [4.69, 9.17) is 4.42 Å². The Bertz CT molecular complexity index is 2200. The van der Waals surface area contributed by atoms with Crippen molar-refractivity contribution >= 4 is 21.9 Å². The predicted octanol–water partition coefficient (Wildman–Crippen LogP) is 7.53. The van der Waals surface area contributed by atoms with Gasteiger partial charge in [-0.25, -0.2) is 4.39 Å². The monoisotopic (exact) mass is 518 g/mol. The van der Waals surface area contributed by atoms with Gasteiger partial charge in [-0.15, -0.1) is 9.13 Å². The van der Waals surface area contributed by atoms with Gasteiger partial charge in [0.05, 0.1) is 11.1 Å². The standard InChI is InChI=1S/C36H23FN2O/c1-22-14-19-30-26-11-5-6-12-27(26)36(39(30)21-22)28-17-15-24-25-16-18-29(37)32(23-9-3-2-4-10-23)34(25)40-35(24)33(28)31-13-7-8-20-38(31)36/h2-21H,1H3/q+2. The van der Waals surface area contributed by atoms with Crippen LogP contribution in [-0.2, 0) is 5.66 Å². The van der Waals surface area contributed by atoms with Crippen molar-refractivity contribution in [2.75, 3.05) is 0 Å². The van der Waals surface area contributed by atoms with Gasteiger partial charge < -0.3 is 4.42 Å². The van der Waals surface area contributed by atoms with Gasteiger partial charge in [0.1, 0.15) is 33.7 Å². The molecule has 2 aliphatic rings. The van der Waals surface area contributed by atoms with Crippen LogP contribution >= 0.6 is 0 Å². The number of pyridine rings is 2. The molecule has 4 heteroatoms. The van der Waals surface area contributed by atoms with Crippen LogP contribution in [0.4, 0.5) is 4.39 Å². The van der Waals surface area contributed by atoms with Crippen LogP contribution in [0.15, 0.2) is 126 Å². The first-order chi connectivity index (χ1) is 19.7. The van der Waals surface area contributed by atoms with Gasteiger partial charge in [0.25, 0.3) is 0 Å². The van der Waals surface area contributed by atoms with E-state index >= 15 is 4.39 Å². The maximum atomic E-state index is 15.4. The smallest absolute Gasteiger partial charge is 0.417 e. The molecule has 3 aromatic heterocycles. The average molecular weight is 519 g/mol. The second-order valence-electron chi connectivity index (χ2n) is 10.8. The Morgan fingerprint density at radius 1 is 0.625 bits per heavy atom. The first-order valence-corrected chi connectivity index (χ1v) is 13.6. The van der Waals surface area contributed by atoms with Gasteiger partial charge in [0.2, 0.25) is 11.4 Å². The summed E-state index contributed by atoms with van der Waals surface area (Å²) in [5.74, 6) is -0.287. The highest BCUT2D eigenvalue weighted by molar-refractivity contribution is 6.13. The van der Waals surface area contributed by atoms with Gasteiger partial charge in [-0.05, 0) is 61.0 Å². The highest BCUT2D eigenvalue weighted by Gasteiger charge is 2.67. The van der Waals surface area contributed by atoms with Crippen molar-refractivity contribution in [1.29, 1.82) is 0 Å². The van der Waals surface area contributed by atoms with Gasteiger partial charge in [-0.3, -0.25) is 0 Å². The summed E-state index contributed by atoms with van der Waals surface area (Å²) in [5, 5.41) is 1.90. The normalized spacial score (nSPS) is 16.4. The van der Waals surface area contributed by atoms with Crippen LogP contribution in [0.1, 0.15) is 16.7 Å². The van der Waals surface area contributed by atoms with E-state index < -0.39 is 5.66 Å². The second kappa shape index (κ2) is 7.51. The lowest BCUT2D eigenvalue weighted by Gasteiger charge is -2.17. The van der Waals surface area contributed by atoms with Gasteiger partial charge in [-0.2, -0.15) is 0 Å². The van der Waals surface area contributed by atoms with Gasteiger partial charge in [-0.1, -0.05) is 42.5 Å². The highest BCUT2D eigenvalue weighted by atomic mass is 19.1. The SMILES string of the molecule is Cc1ccc2[n+](c1)C1(c3ccccc3-2)c2ccc3c(oc4c(-c5ccccc5)c(F)ccc43)c2-c2cccc[n+]21. The van der Waals surface area contributed by atoms with E-state index in [0.29, 0.717) is 11.1 Å². The number of fused-ring (bicyclic) bond motifs is 14. The van der Waals surface area contributed by atoms with Crippen LogP contribution in [0, 0.1) is 12.7 Å². The minimum atomic E-state index is -0.607. The van der Waals surface area contributed by atoms with Crippen molar-refractivity contribution in [2.24, 2.45) is 0 Å². The van der Waals surface area contributed by atoms with E-state index in [-0.39, 0.29) is 5.82 Å². The summed E-state index contributed by atoms with van der Waals surface area (Å²) in [7, 11) is 0. The van der Waals surface area contributed by atoms with Crippen LogP contribution in [0.2, 0.25) is 0 Å². The zero-order valence-corrected chi connectivity index (χ0v) is 21.7. The lowest BCUT2D eigenvalue weighted by molar-refractivity contribution is -0.955. The Kier molecular flexibility index (Phi) is 4.10. The summed E-state index contributed by atoms with van der Waals surface area (Å²) >= 11 is 0. The molecule has 0 amide bonds. The molecule has 7 aromatic rings. The van der Waals surface area contributed by atoms with Crippen molar-refractivity contribution in [1.82, 2.24) is 0 Å². The first-order valence-electron chi connectivity index (χ1n) is 13.6. The Hall–Kier alpha value is -5.09. The summed E-state index contributed by atoms with van der Waals surface area (Å²) in [5.41, 5.74) is 10.1. The number of furan rings is 1. The molecule has 40 heavy (non-hydrogen) atoms. The number of rotatable bonds is 1. The minimum absolute atomic E-state index is 0.287. The third kappa shape index (κ3) is 2.49. The molecule has 2 aliphatic heterocycles. The molecule has 9 rings (SSSR count). The van der Waals surface area contributed by atoms with E-state index in [1.54, 1.807) is 6.07 Å². The molecule has 0 fully saturated rings. The fourth-order valence-corrected chi connectivity index (χ4v) is 7.11. The van der Waals surface area contributed by atoms with Gasteiger partial charge >= 0.3 is 5.66 Å². The van der Waals surface area contributed by atoms with Gasteiger partial charge in [0, 0.05) is 34.5 Å². The highest BCUT2D eigenvalue weighted by Crippen LogP contribution is 2.50. The second-order valence-corrected chi connectivity index (χ2v) is 10.8. The molecule has 1 unspecified atom stereocenters. The molecule has 0 aliphatic carbocycles. The zero-order valence-electron chi connectivity index (χ0n) is 21.7. The number of aryl methyl sites for hydroxylation is 1. The van der Waals surface area contributed by atoms with E-state index in [0.717, 1.165) is 38.7 Å². The topological polar surface area (TPSA) is 20.9 Å². The van der Waals surface area contributed by atoms with Crippen LogP contribution < -0.4 is 9.13 Å². The molecular formula is C36H23FN2O+2. The lowest BCUT2D eigenvalue weighted by atomic mass is 9.89. The molecule has 1 spiro atoms. The maximum Gasteiger partial charge on any atom is 0.417 e. The molecule has 0 N–H and O–H groups in total. The third-order valence-corrected chi connectivity index (χ3v) is 8.69. The predicted molar refractivity (Wildman–Crippen MR) is 153 cm³/mol. The number of benzene rings is 4. The van der Waals surface area contributed by atoms with Crippen molar-refractivity contribution in [3.8, 4) is 33.6 Å². The molecule has 1 atom stereocenters. The van der Waals surface area contributed by atoms with Crippen LogP contribution in [0.5, 0.6) is 0 Å². The van der Waals surface area contributed by atoms with Crippen molar-refractivity contribution < 1.29 is 17.9 Å². The number of halogens is 1. The molecule has 0 saturated carbocycles. The first kappa shape index (κ1) is 21.8. The van der Waals surface area contributed by atoms with E-state index in [1.807, 2.05) is 36.4 Å². The van der Waals surface area contributed by atoms with Crippen LogP contribution in [0.25, 0.3) is 55.6 Å². The molecule has 0 saturated heterocycles. The number of aromatic nitrogens is 2. The summed E-state index contributed by atoms with van der Waals surface area (Å²) in [6.07, 6.45) is 4.42. The van der Waals surface area contributed by atoms with E-state index in [1.165, 1.54) is 22.4 Å². The molecule has 188 valence electrons. The quantitative estimate of drug-likeness (QED) is 0.206. The van der Waals surface area contributed by atoms with Crippen LogP contribution in [0.3, 0.4) is 0 Å². The van der Waals surface area contributed by atoms with Crippen molar-refractivity contribution in [3.05, 3.63) is 144 Å². The van der Waals surface area contributed by atoms with Gasteiger partial charge in [0.15, 0.2) is 12.4 Å². The number of hydrogen-bond acceptors (Lipinski definition) is 1. The summed E-state index contributed by atoms with van der Waals surface area (Å²) < 4.78 is 26.9. The Morgan fingerprint density at radius 2 is 1.38 bits per heavy atom. The molecule has 0 bridgehead atoms. The number of hydrogen-bond donors (Lipinski definition) is 0. The molecule has 0 radical (unpaired) electrons. The lowest BCUT2D eigenvalue weighted by Crippen LogP contribution is -2.71. The fourth-order valence-electron chi connectivity index (χ4n) is 7.11. The zero-order chi connectivity index (χ0) is 26.6. The van der Waals surface area contributed by atoms with Crippen molar-refractivity contribution in [3.63, 3.8) is 0 Å². The molecular weight excluding hydrogens is 495 g/mol. The Balaban J connectivity index is 1.46. The number of nitrogens with zero attached hydrogens (tertiary/aromatic N) is 2. The molecule has 5 heterocycles. The molecule has 4 aromatic carbocycles. The largest absolute Gasteiger partial charge is 0.454 e. The minimum Gasteiger partial charge on any atom is -0.454 e. The van der Waals surface area contributed by atoms with E-state index in [2.05, 4.69) is 95.2 Å². The van der Waals surface area contributed by atoms with Crippen LogP contribution in [-0.4, -0.2) is 0 Å². The maximum absolute atomic E-state index is 15.4. The summed E-state index contributed by atoms with van der Waals surface area (Å²) in [6.45, 7) is 2.14. The average Bonchev–Trinajstić information content (AvgIpc) is 3.61. The van der Waals surface area contributed by atoms with E-state index in [9.17, 15) is 0 Å². The Morgan fingerprint density at radius 3 is 2.25 bits per heavy atom.